The van der Waals surface area contributed by atoms with Gasteiger partial charge >= 0.3 is 0 Å². The van der Waals surface area contributed by atoms with E-state index in [9.17, 15) is 4.79 Å². The van der Waals surface area contributed by atoms with Crippen LogP contribution in [0.3, 0.4) is 0 Å². The molecule has 2 aliphatic rings. The molecular formula is C14H16ClNO2. The molecule has 0 aromatic heterocycles. The Bertz CT molecular complexity index is 463. The van der Waals surface area contributed by atoms with Crippen molar-refractivity contribution in [3.8, 4) is 0 Å². The number of carbonyl (C=O) groups excluding carboxylic acids is 1. The van der Waals surface area contributed by atoms with E-state index in [4.69, 9.17) is 16.3 Å². The number of carbonyl (C=O) groups is 1. The van der Waals surface area contributed by atoms with Crippen LogP contribution in [0.5, 0.6) is 0 Å². The Balaban J connectivity index is 1.98. The summed E-state index contributed by atoms with van der Waals surface area (Å²) in [5.74, 6) is 0. The van der Waals surface area contributed by atoms with E-state index in [-0.39, 0.29) is 0 Å². The average Bonchev–Trinajstić information content (AvgIpc) is 2.86. The minimum atomic E-state index is 0.317. The van der Waals surface area contributed by atoms with Crippen LogP contribution in [0.15, 0.2) is 18.2 Å². The first-order valence-electron chi connectivity index (χ1n) is 6.43. The van der Waals surface area contributed by atoms with Crippen molar-refractivity contribution in [1.29, 1.82) is 0 Å². The number of benzene rings is 1. The molecule has 0 radical (unpaired) electrons. The average molecular weight is 266 g/mol. The molecule has 2 unspecified atom stereocenters. The Labute approximate surface area is 112 Å². The van der Waals surface area contributed by atoms with Crippen LogP contribution in [0.25, 0.3) is 0 Å². The summed E-state index contributed by atoms with van der Waals surface area (Å²) in [6, 6.07) is 6.05. The van der Waals surface area contributed by atoms with Crippen molar-refractivity contribution in [3.05, 3.63) is 28.8 Å². The third kappa shape index (κ3) is 1.91. The molecule has 0 bridgehead atoms. The highest BCUT2D eigenvalue weighted by atomic mass is 35.5. The van der Waals surface area contributed by atoms with Crippen LogP contribution in [0.4, 0.5) is 5.69 Å². The molecule has 1 aliphatic carbocycles. The molecule has 1 saturated heterocycles. The summed E-state index contributed by atoms with van der Waals surface area (Å²) in [6.07, 6.45) is 4.63. The minimum Gasteiger partial charge on any atom is -0.374 e. The fourth-order valence-corrected chi connectivity index (χ4v) is 3.33. The van der Waals surface area contributed by atoms with Gasteiger partial charge in [0.05, 0.1) is 29.3 Å². The predicted molar refractivity (Wildman–Crippen MR) is 71.6 cm³/mol. The second-order valence-electron chi connectivity index (χ2n) is 4.89. The van der Waals surface area contributed by atoms with Gasteiger partial charge in [-0.2, -0.15) is 0 Å². The lowest BCUT2D eigenvalue weighted by atomic mass is 10.1. The number of nitrogens with zero attached hydrogens (tertiary/aromatic N) is 1. The van der Waals surface area contributed by atoms with Crippen LogP contribution in [0.2, 0.25) is 5.02 Å². The molecular weight excluding hydrogens is 250 g/mol. The van der Waals surface area contributed by atoms with Crippen molar-refractivity contribution in [2.24, 2.45) is 0 Å². The van der Waals surface area contributed by atoms with Crippen LogP contribution in [-0.4, -0.2) is 31.6 Å². The van der Waals surface area contributed by atoms with Crippen molar-refractivity contribution in [2.75, 3.05) is 18.1 Å². The number of hydrogen-bond donors (Lipinski definition) is 0. The number of anilines is 1. The standard InChI is InChI=1S/C14H16ClNO2/c15-11-3-1-4-12(10(11)9-17)16-7-8-18-14-6-2-5-13(14)16/h1,3-4,9,13-14H,2,5-8H2. The molecule has 1 aromatic rings. The smallest absolute Gasteiger partial charge is 0.153 e. The molecule has 3 nitrogen and oxygen atoms in total. The summed E-state index contributed by atoms with van der Waals surface area (Å²) in [5, 5.41) is 0.531. The van der Waals surface area contributed by atoms with Crippen molar-refractivity contribution in [2.45, 2.75) is 31.4 Å². The number of ether oxygens (including phenoxy) is 1. The number of morpholine rings is 1. The molecule has 18 heavy (non-hydrogen) atoms. The Morgan fingerprint density at radius 3 is 3.11 bits per heavy atom. The first-order chi connectivity index (χ1) is 8.81. The number of fused-ring (bicyclic) bond motifs is 1. The van der Waals surface area contributed by atoms with E-state index < -0.39 is 0 Å². The van der Waals surface area contributed by atoms with Gasteiger partial charge in [-0.15, -0.1) is 0 Å². The lowest BCUT2D eigenvalue weighted by molar-refractivity contribution is 0.0256. The van der Waals surface area contributed by atoms with E-state index in [1.807, 2.05) is 12.1 Å². The van der Waals surface area contributed by atoms with Crippen LogP contribution >= 0.6 is 11.6 Å². The molecule has 1 heterocycles. The first-order valence-corrected chi connectivity index (χ1v) is 6.81. The molecule has 0 spiro atoms. The van der Waals surface area contributed by atoms with E-state index >= 15 is 0 Å². The van der Waals surface area contributed by atoms with Crippen molar-refractivity contribution >= 4 is 23.6 Å². The second-order valence-corrected chi connectivity index (χ2v) is 5.30. The lowest BCUT2D eigenvalue weighted by Gasteiger charge is -2.40. The summed E-state index contributed by atoms with van der Waals surface area (Å²) in [4.78, 5) is 13.5. The van der Waals surface area contributed by atoms with Gasteiger partial charge in [-0.3, -0.25) is 4.79 Å². The zero-order valence-electron chi connectivity index (χ0n) is 10.1. The number of halogens is 1. The maximum Gasteiger partial charge on any atom is 0.153 e. The maximum absolute atomic E-state index is 11.2. The fraction of sp³-hybridized carbons (Fsp3) is 0.500. The highest BCUT2D eigenvalue weighted by molar-refractivity contribution is 6.33. The van der Waals surface area contributed by atoms with Crippen molar-refractivity contribution in [1.82, 2.24) is 0 Å². The van der Waals surface area contributed by atoms with Crippen molar-refractivity contribution in [3.63, 3.8) is 0 Å². The summed E-state index contributed by atoms with van der Waals surface area (Å²) in [6.45, 7) is 1.56. The van der Waals surface area contributed by atoms with Gasteiger partial charge in [0.25, 0.3) is 0 Å². The van der Waals surface area contributed by atoms with E-state index in [1.165, 1.54) is 6.42 Å². The van der Waals surface area contributed by atoms with E-state index in [0.29, 0.717) is 22.7 Å². The maximum atomic E-state index is 11.2. The molecule has 1 saturated carbocycles. The number of aldehydes is 1. The molecule has 3 rings (SSSR count). The molecule has 1 aliphatic heterocycles. The Morgan fingerprint density at radius 1 is 1.39 bits per heavy atom. The summed E-state index contributed by atoms with van der Waals surface area (Å²) in [5.41, 5.74) is 1.56. The van der Waals surface area contributed by atoms with E-state index in [2.05, 4.69) is 4.90 Å². The molecule has 96 valence electrons. The Kier molecular flexibility index (Phi) is 3.27. The summed E-state index contributed by atoms with van der Waals surface area (Å²) in [7, 11) is 0. The highest BCUT2D eigenvalue weighted by Crippen LogP contribution is 2.35. The van der Waals surface area contributed by atoms with Gasteiger partial charge in [0, 0.05) is 12.2 Å². The summed E-state index contributed by atoms with van der Waals surface area (Å²) >= 11 is 6.10. The fourth-order valence-electron chi connectivity index (χ4n) is 3.12. The predicted octanol–water partition coefficient (Wildman–Crippen LogP) is 2.91. The van der Waals surface area contributed by atoms with Crippen molar-refractivity contribution < 1.29 is 9.53 Å². The molecule has 0 amide bonds. The van der Waals surface area contributed by atoms with Gasteiger partial charge in [0.2, 0.25) is 0 Å². The number of rotatable bonds is 2. The highest BCUT2D eigenvalue weighted by Gasteiger charge is 2.36. The molecule has 2 atom stereocenters. The van der Waals surface area contributed by atoms with Crippen LogP contribution in [0.1, 0.15) is 29.6 Å². The first kappa shape index (κ1) is 12.0. The molecule has 2 fully saturated rings. The van der Waals surface area contributed by atoms with Crippen LogP contribution < -0.4 is 4.90 Å². The molecule has 0 N–H and O–H groups in total. The normalized spacial score (nSPS) is 27.1. The zero-order chi connectivity index (χ0) is 12.5. The lowest BCUT2D eigenvalue weighted by Crippen LogP contribution is -2.49. The van der Waals surface area contributed by atoms with E-state index in [0.717, 1.165) is 38.0 Å². The molecule has 4 heteroatoms. The third-order valence-corrected chi connectivity index (χ3v) is 4.27. The number of hydrogen-bond acceptors (Lipinski definition) is 3. The van der Waals surface area contributed by atoms with Gasteiger partial charge in [-0.1, -0.05) is 17.7 Å². The topological polar surface area (TPSA) is 29.5 Å². The Hall–Kier alpha value is -1.06. The Morgan fingerprint density at radius 2 is 2.28 bits per heavy atom. The van der Waals surface area contributed by atoms with Gasteiger partial charge in [0.15, 0.2) is 6.29 Å². The third-order valence-electron chi connectivity index (χ3n) is 3.94. The van der Waals surface area contributed by atoms with Gasteiger partial charge in [-0.05, 0) is 31.4 Å². The second kappa shape index (κ2) is 4.90. The largest absolute Gasteiger partial charge is 0.374 e. The quantitative estimate of drug-likeness (QED) is 0.770. The molecule has 1 aromatic carbocycles. The summed E-state index contributed by atoms with van der Waals surface area (Å²) < 4.78 is 5.79. The van der Waals surface area contributed by atoms with E-state index in [1.54, 1.807) is 6.07 Å². The van der Waals surface area contributed by atoms with Gasteiger partial charge in [-0.25, -0.2) is 0 Å². The minimum absolute atomic E-state index is 0.317. The van der Waals surface area contributed by atoms with Gasteiger partial charge < -0.3 is 9.64 Å². The monoisotopic (exact) mass is 265 g/mol. The zero-order valence-corrected chi connectivity index (χ0v) is 10.9. The SMILES string of the molecule is O=Cc1c(Cl)cccc1N1CCOC2CCCC21. The van der Waals surface area contributed by atoms with Gasteiger partial charge in [0.1, 0.15) is 0 Å². The van der Waals surface area contributed by atoms with Crippen LogP contribution in [0, 0.1) is 0 Å². The van der Waals surface area contributed by atoms with Crippen LogP contribution in [-0.2, 0) is 4.74 Å².